The molecular weight excluding hydrogens is 300 g/mol. The van der Waals surface area contributed by atoms with Crippen molar-refractivity contribution in [3.8, 4) is 0 Å². The molecule has 2 aliphatic heterocycles. The Morgan fingerprint density at radius 2 is 2.04 bits per heavy atom. The van der Waals surface area contributed by atoms with E-state index in [0.29, 0.717) is 45.2 Å². The van der Waals surface area contributed by atoms with E-state index in [1.165, 1.54) is 0 Å². The molecule has 0 radical (unpaired) electrons. The van der Waals surface area contributed by atoms with Gasteiger partial charge in [0.2, 0.25) is 11.9 Å². The number of aromatic nitrogens is 3. The Bertz CT molecular complexity index is 569. The molecular formula is C14H22N6O3. The van der Waals surface area contributed by atoms with Gasteiger partial charge in [-0.15, -0.1) is 5.10 Å². The van der Waals surface area contributed by atoms with Crippen molar-refractivity contribution in [1.82, 2.24) is 25.0 Å². The van der Waals surface area contributed by atoms with Gasteiger partial charge in [-0.1, -0.05) is 0 Å². The van der Waals surface area contributed by atoms with Crippen LogP contribution in [-0.4, -0.2) is 76.3 Å². The largest absolute Gasteiger partial charge is 0.378 e. The van der Waals surface area contributed by atoms with Crippen molar-refractivity contribution in [2.45, 2.75) is 19.8 Å². The molecule has 0 aliphatic carbocycles. The zero-order valence-electron chi connectivity index (χ0n) is 13.2. The van der Waals surface area contributed by atoms with E-state index in [4.69, 9.17) is 4.74 Å². The van der Waals surface area contributed by atoms with Gasteiger partial charge in [0.05, 0.1) is 19.1 Å². The standard InChI is InChI=1S/C14H22N6O3/c1-10-15-13(18-17-10)16-14(22)20-4-2-3-11(9-20)12(21)19-5-7-23-8-6-19/h11H,2-9H2,1H3,(H2,15,16,17,18,22). The third-order valence-corrected chi connectivity index (χ3v) is 4.20. The Balaban J connectivity index is 1.56. The average Bonchev–Trinajstić information content (AvgIpc) is 3.00. The van der Waals surface area contributed by atoms with Crippen LogP contribution in [0.2, 0.25) is 0 Å². The molecule has 9 heteroatoms. The van der Waals surface area contributed by atoms with Crippen molar-refractivity contribution in [2.75, 3.05) is 44.7 Å². The molecule has 9 nitrogen and oxygen atoms in total. The van der Waals surface area contributed by atoms with Crippen LogP contribution in [0, 0.1) is 12.8 Å². The highest BCUT2D eigenvalue weighted by Crippen LogP contribution is 2.20. The third-order valence-electron chi connectivity index (χ3n) is 4.20. The fourth-order valence-electron chi connectivity index (χ4n) is 2.98. The highest BCUT2D eigenvalue weighted by Gasteiger charge is 2.32. The van der Waals surface area contributed by atoms with Crippen molar-refractivity contribution in [3.05, 3.63) is 5.82 Å². The minimum atomic E-state index is -0.261. The van der Waals surface area contributed by atoms with Gasteiger partial charge in [-0.3, -0.25) is 15.2 Å². The molecule has 1 aromatic rings. The van der Waals surface area contributed by atoms with Crippen LogP contribution >= 0.6 is 0 Å². The van der Waals surface area contributed by atoms with E-state index in [2.05, 4.69) is 20.5 Å². The number of amides is 3. The normalized spacial score (nSPS) is 22.0. The van der Waals surface area contributed by atoms with Crippen molar-refractivity contribution in [1.29, 1.82) is 0 Å². The summed E-state index contributed by atoms with van der Waals surface area (Å²) >= 11 is 0. The topological polar surface area (TPSA) is 103 Å². The quantitative estimate of drug-likeness (QED) is 0.810. The molecule has 1 atom stereocenters. The molecule has 3 rings (SSSR count). The molecule has 2 aliphatic rings. The maximum absolute atomic E-state index is 12.6. The lowest BCUT2D eigenvalue weighted by Crippen LogP contribution is -2.50. The van der Waals surface area contributed by atoms with Crippen LogP contribution in [0.4, 0.5) is 10.7 Å². The van der Waals surface area contributed by atoms with Gasteiger partial charge in [-0.25, -0.2) is 4.79 Å². The summed E-state index contributed by atoms with van der Waals surface area (Å²) in [6.07, 6.45) is 1.64. The number of aromatic amines is 1. The summed E-state index contributed by atoms with van der Waals surface area (Å²) in [6, 6.07) is -0.261. The van der Waals surface area contributed by atoms with Gasteiger partial charge in [0.25, 0.3) is 0 Å². The number of rotatable bonds is 2. The summed E-state index contributed by atoms with van der Waals surface area (Å²) in [4.78, 5) is 32.4. The molecule has 126 valence electrons. The maximum atomic E-state index is 12.6. The number of carbonyl (C=O) groups is 2. The number of anilines is 1. The highest BCUT2D eigenvalue weighted by molar-refractivity contribution is 5.88. The minimum Gasteiger partial charge on any atom is -0.378 e. The summed E-state index contributed by atoms with van der Waals surface area (Å²) in [5.74, 6) is 0.884. The lowest BCUT2D eigenvalue weighted by molar-refractivity contribution is -0.141. The van der Waals surface area contributed by atoms with Gasteiger partial charge in [0, 0.05) is 26.2 Å². The summed E-state index contributed by atoms with van der Waals surface area (Å²) in [7, 11) is 0. The molecule has 0 bridgehead atoms. The molecule has 23 heavy (non-hydrogen) atoms. The van der Waals surface area contributed by atoms with E-state index in [-0.39, 0.29) is 23.8 Å². The molecule has 2 N–H and O–H groups in total. The monoisotopic (exact) mass is 322 g/mol. The molecule has 1 aromatic heterocycles. The van der Waals surface area contributed by atoms with Crippen LogP contribution in [0.15, 0.2) is 0 Å². The third kappa shape index (κ3) is 3.79. The number of hydrogen-bond donors (Lipinski definition) is 2. The first-order valence-corrected chi connectivity index (χ1v) is 7.95. The fourth-order valence-corrected chi connectivity index (χ4v) is 2.98. The number of piperidine rings is 1. The second-order valence-electron chi connectivity index (χ2n) is 5.90. The van der Waals surface area contributed by atoms with Crippen LogP contribution in [0.3, 0.4) is 0 Å². The number of hydrogen-bond acceptors (Lipinski definition) is 5. The van der Waals surface area contributed by atoms with E-state index >= 15 is 0 Å². The van der Waals surface area contributed by atoms with Crippen molar-refractivity contribution in [3.63, 3.8) is 0 Å². The average molecular weight is 322 g/mol. The van der Waals surface area contributed by atoms with E-state index < -0.39 is 0 Å². The molecule has 0 spiro atoms. The SMILES string of the molecule is Cc1nc(NC(=O)N2CCCC(C(=O)N3CCOCC3)C2)n[nH]1. The Morgan fingerprint density at radius 3 is 2.74 bits per heavy atom. The van der Waals surface area contributed by atoms with Gasteiger partial charge in [-0.05, 0) is 19.8 Å². The van der Waals surface area contributed by atoms with Gasteiger partial charge < -0.3 is 14.5 Å². The number of nitrogens with zero attached hydrogens (tertiary/aromatic N) is 4. The predicted octanol–water partition coefficient (Wildman–Crippen LogP) is 0.216. The molecule has 0 saturated carbocycles. The second kappa shape index (κ2) is 6.95. The number of likely N-dealkylation sites (tertiary alicyclic amines) is 1. The first-order valence-electron chi connectivity index (χ1n) is 7.95. The Morgan fingerprint density at radius 1 is 1.26 bits per heavy atom. The van der Waals surface area contributed by atoms with Gasteiger partial charge in [0.15, 0.2) is 0 Å². The minimum absolute atomic E-state index is 0.125. The summed E-state index contributed by atoms with van der Waals surface area (Å²) in [5.41, 5.74) is 0. The summed E-state index contributed by atoms with van der Waals surface area (Å²) in [5, 5.41) is 9.23. The van der Waals surface area contributed by atoms with Gasteiger partial charge in [0.1, 0.15) is 5.82 Å². The fraction of sp³-hybridized carbons (Fsp3) is 0.714. The Kier molecular flexibility index (Phi) is 4.75. The molecule has 3 amide bonds. The summed E-state index contributed by atoms with van der Waals surface area (Å²) < 4.78 is 5.28. The lowest BCUT2D eigenvalue weighted by Gasteiger charge is -2.36. The Hall–Kier alpha value is -2.16. The highest BCUT2D eigenvalue weighted by atomic mass is 16.5. The number of morpholine rings is 1. The molecule has 1 unspecified atom stereocenters. The summed E-state index contributed by atoms with van der Waals surface area (Å²) in [6.45, 7) is 5.30. The van der Waals surface area contributed by atoms with Crippen LogP contribution in [0.25, 0.3) is 0 Å². The predicted molar refractivity (Wildman–Crippen MR) is 81.8 cm³/mol. The van der Waals surface area contributed by atoms with Crippen molar-refractivity contribution >= 4 is 17.9 Å². The molecule has 3 heterocycles. The van der Waals surface area contributed by atoms with Crippen LogP contribution in [-0.2, 0) is 9.53 Å². The number of aryl methyl sites for hydroxylation is 1. The number of H-pyrrole nitrogens is 1. The lowest BCUT2D eigenvalue weighted by atomic mass is 9.96. The van der Waals surface area contributed by atoms with Gasteiger partial charge >= 0.3 is 6.03 Å². The maximum Gasteiger partial charge on any atom is 0.324 e. The molecule has 0 aromatic carbocycles. The van der Waals surface area contributed by atoms with Crippen LogP contribution in [0.1, 0.15) is 18.7 Å². The van der Waals surface area contributed by atoms with Crippen molar-refractivity contribution < 1.29 is 14.3 Å². The second-order valence-corrected chi connectivity index (χ2v) is 5.90. The number of carbonyl (C=O) groups excluding carboxylic acids is 2. The van der Waals surface area contributed by atoms with Crippen LogP contribution in [0.5, 0.6) is 0 Å². The van der Waals surface area contributed by atoms with Crippen molar-refractivity contribution in [2.24, 2.45) is 5.92 Å². The van der Waals surface area contributed by atoms with Gasteiger partial charge in [-0.2, -0.15) is 4.98 Å². The number of ether oxygens (including phenoxy) is 1. The first-order chi connectivity index (χ1) is 11.1. The zero-order valence-corrected chi connectivity index (χ0v) is 13.2. The van der Waals surface area contributed by atoms with Crippen LogP contribution < -0.4 is 5.32 Å². The smallest absolute Gasteiger partial charge is 0.324 e. The van der Waals surface area contributed by atoms with E-state index in [1.54, 1.807) is 11.8 Å². The molecule has 2 saturated heterocycles. The Labute approximate surface area is 134 Å². The zero-order chi connectivity index (χ0) is 16.2. The number of nitrogens with one attached hydrogen (secondary N) is 2. The van der Waals surface area contributed by atoms with E-state index in [0.717, 1.165) is 12.8 Å². The number of urea groups is 1. The van der Waals surface area contributed by atoms with E-state index in [9.17, 15) is 9.59 Å². The first kappa shape index (κ1) is 15.7. The van der Waals surface area contributed by atoms with E-state index in [1.807, 2.05) is 4.90 Å². The molecule has 2 fully saturated rings.